The summed E-state index contributed by atoms with van der Waals surface area (Å²) in [6.07, 6.45) is 0. The number of carbonyl (C=O) groups is 1. The Morgan fingerprint density at radius 1 is 1.10 bits per heavy atom. The van der Waals surface area contributed by atoms with Crippen LogP contribution in [0.2, 0.25) is 5.02 Å². The molecule has 1 aromatic heterocycles. The zero-order valence-electron chi connectivity index (χ0n) is 16.6. The summed E-state index contributed by atoms with van der Waals surface area (Å²) in [5, 5.41) is 5.16. The number of halogens is 2. The molecule has 6 nitrogen and oxygen atoms in total. The topological polar surface area (TPSA) is 58.4 Å². The van der Waals surface area contributed by atoms with Crippen molar-refractivity contribution in [1.82, 2.24) is 19.6 Å². The predicted molar refractivity (Wildman–Crippen MR) is 114 cm³/mol. The van der Waals surface area contributed by atoms with Crippen molar-refractivity contribution in [2.24, 2.45) is 0 Å². The summed E-state index contributed by atoms with van der Waals surface area (Å²) in [4.78, 5) is 29.8. The summed E-state index contributed by atoms with van der Waals surface area (Å²) in [7, 11) is 0. The van der Waals surface area contributed by atoms with Crippen LogP contribution in [0.4, 0.5) is 4.39 Å². The minimum absolute atomic E-state index is 0.152. The van der Waals surface area contributed by atoms with E-state index >= 15 is 0 Å². The maximum Gasteiger partial charge on any atom is 0.278 e. The van der Waals surface area contributed by atoms with E-state index in [0.717, 1.165) is 12.1 Å². The minimum atomic E-state index is -0.525. The van der Waals surface area contributed by atoms with Crippen molar-refractivity contribution < 1.29 is 9.18 Å². The van der Waals surface area contributed by atoms with E-state index in [-0.39, 0.29) is 11.1 Å². The first kappa shape index (κ1) is 20.5. The van der Waals surface area contributed by atoms with Crippen LogP contribution >= 0.6 is 11.6 Å². The number of rotatable bonds is 4. The number of hydrogen-bond donors (Lipinski definition) is 0. The molecule has 2 aromatic carbocycles. The molecule has 1 saturated heterocycles. The lowest BCUT2D eigenvalue weighted by Gasteiger charge is -2.34. The molecule has 0 saturated carbocycles. The zero-order chi connectivity index (χ0) is 21.3. The Bertz CT molecular complexity index is 1140. The van der Waals surface area contributed by atoms with Crippen LogP contribution in [0.1, 0.15) is 23.0 Å². The van der Waals surface area contributed by atoms with E-state index < -0.39 is 17.2 Å². The van der Waals surface area contributed by atoms with Gasteiger partial charge in [-0.25, -0.2) is 4.39 Å². The van der Waals surface area contributed by atoms with Crippen molar-refractivity contribution in [3.8, 4) is 0 Å². The molecule has 0 radical (unpaired) electrons. The summed E-state index contributed by atoms with van der Waals surface area (Å²) >= 11 is 5.93. The third-order valence-electron chi connectivity index (χ3n) is 5.40. The van der Waals surface area contributed by atoms with Gasteiger partial charge in [0.2, 0.25) is 5.43 Å². The molecule has 30 heavy (non-hydrogen) atoms. The summed E-state index contributed by atoms with van der Waals surface area (Å²) in [5.74, 6) is -0.915. The number of aryl methyl sites for hydroxylation is 1. The lowest BCUT2D eigenvalue weighted by atomic mass is 10.1. The van der Waals surface area contributed by atoms with Gasteiger partial charge in [-0.15, -0.1) is 0 Å². The van der Waals surface area contributed by atoms with Crippen LogP contribution in [0.25, 0.3) is 10.9 Å². The maximum atomic E-state index is 13.7. The van der Waals surface area contributed by atoms with Gasteiger partial charge in [0.15, 0.2) is 5.69 Å². The fourth-order valence-electron chi connectivity index (χ4n) is 3.75. The van der Waals surface area contributed by atoms with Gasteiger partial charge in [0.05, 0.1) is 10.9 Å². The molecule has 4 rings (SSSR count). The molecule has 1 amide bonds. The van der Waals surface area contributed by atoms with E-state index in [1.165, 1.54) is 18.2 Å². The number of benzene rings is 2. The third kappa shape index (κ3) is 4.08. The standard InChI is InChI=1S/C22H22ClFN4O2/c1-2-28-19-8-7-17(24)13-18(19)21(29)20(25-28)22(30)27-11-9-26(10-12-27)14-15-3-5-16(23)6-4-15/h3-8,13H,2,9-12,14H2,1H3. The van der Waals surface area contributed by atoms with E-state index in [1.807, 2.05) is 31.2 Å². The van der Waals surface area contributed by atoms with Gasteiger partial charge >= 0.3 is 0 Å². The molecule has 0 aliphatic carbocycles. The van der Waals surface area contributed by atoms with Crippen molar-refractivity contribution in [1.29, 1.82) is 0 Å². The van der Waals surface area contributed by atoms with Crippen LogP contribution < -0.4 is 5.43 Å². The highest BCUT2D eigenvalue weighted by Crippen LogP contribution is 2.15. The number of nitrogens with zero attached hydrogens (tertiary/aromatic N) is 4. The quantitative estimate of drug-likeness (QED) is 0.640. The molecule has 1 aliphatic rings. The lowest BCUT2D eigenvalue weighted by molar-refractivity contribution is 0.0619. The Kier molecular flexibility index (Phi) is 5.83. The molecule has 2 heterocycles. The van der Waals surface area contributed by atoms with Gasteiger partial charge in [0, 0.05) is 44.3 Å². The average molecular weight is 429 g/mol. The molecule has 1 aliphatic heterocycles. The molecular weight excluding hydrogens is 407 g/mol. The highest BCUT2D eigenvalue weighted by Gasteiger charge is 2.26. The number of carbonyl (C=O) groups excluding carboxylic acids is 1. The van der Waals surface area contributed by atoms with Crippen molar-refractivity contribution in [2.45, 2.75) is 20.0 Å². The second-order valence-corrected chi connectivity index (χ2v) is 7.79. The second-order valence-electron chi connectivity index (χ2n) is 7.35. The highest BCUT2D eigenvalue weighted by atomic mass is 35.5. The van der Waals surface area contributed by atoms with Crippen molar-refractivity contribution in [3.63, 3.8) is 0 Å². The van der Waals surface area contributed by atoms with E-state index in [4.69, 9.17) is 11.6 Å². The number of fused-ring (bicyclic) bond motifs is 1. The van der Waals surface area contributed by atoms with Gasteiger partial charge in [-0.05, 0) is 42.8 Å². The van der Waals surface area contributed by atoms with Crippen LogP contribution in [0.3, 0.4) is 0 Å². The largest absolute Gasteiger partial charge is 0.335 e. The van der Waals surface area contributed by atoms with Gasteiger partial charge in [-0.3, -0.25) is 19.2 Å². The number of hydrogen-bond acceptors (Lipinski definition) is 4. The smallest absolute Gasteiger partial charge is 0.278 e. The van der Waals surface area contributed by atoms with Crippen molar-refractivity contribution in [2.75, 3.05) is 26.2 Å². The van der Waals surface area contributed by atoms with E-state index in [0.29, 0.717) is 43.3 Å². The highest BCUT2D eigenvalue weighted by molar-refractivity contribution is 6.30. The van der Waals surface area contributed by atoms with Crippen molar-refractivity contribution in [3.05, 3.63) is 74.8 Å². The number of amides is 1. The fraction of sp³-hybridized carbons (Fsp3) is 0.318. The maximum absolute atomic E-state index is 13.7. The van der Waals surface area contributed by atoms with E-state index in [9.17, 15) is 14.0 Å². The monoisotopic (exact) mass is 428 g/mol. The zero-order valence-corrected chi connectivity index (χ0v) is 17.4. The molecule has 156 valence electrons. The Morgan fingerprint density at radius 2 is 1.80 bits per heavy atom. The first-order chi connectivity index (χ1) is 14.5. The summed E-state index contributed by atoms with van der Waals surface area (Å²) in [6.45, 7) is 5.50. The summed E-state index contributed by atoms with van der Waals surface area (Å²) in [6, 6.07) is 11.7. The van der Waals surface area contributed by atoms with Crippen LogP contribution in [-0.2, 0) is 13.1 Å². The van der Waals surface area contributed by atoms with Crippen LogP contribution in [-0.4, -0.2) is 51.7 Å². The summed E-state index contributed by atoms with van der Waals surface area (Å²) in [5.41, 5.74) is 1.00. The molecule has 0 bridgehead atoms. The first-order valence-electron chi connectivity index (χ1n) is 9.92. The Hall–Kier alpha value is -2.77. The molecule has 3 aromatic rings. The Morgan fingerprint density at radius 3 is 2.47 bits per heavy atom. The van der Waals surface area contributed by atoms with Gasteiger partial charge in [-0.1, -0.05) is 23.7 Å². The Labute approximate surface area is 178 Å². The molecule has 0 unspecified atom stereocenters. The molecular formula is C22H22ClFN4O2. The minimum Gasteiger partial charge on any atom is -0.335 e. The second kappa shape index (κ2) is 8.53. The van der Waals surface area contributed by atoms with Gasteiger partial charge < -0.3 is 4.90 Å². The molecule has 0 atom stereocenters. The molecule has 1 fully saturated rings. The van der Waals surface area contributed by atoms with Gasteiger partial charge in [-0.2, -0.15) is 5.10 Å². The molecule has 8 heteroatoms. The van der Waals surface area contributed by atoms with Crippen LogP contribution in [0.15, 0.2) is 47.3 Å². The average Bonchev–Trinajstić information content (AvgIpc) is 2.76. The normalized spacial score (nSPS) is 15.0. The summed E-state index contributed by atoms with van der Waals surface area (Å²) < 4.78 is 15.3. The molecule has 0 spiro atoms. The first-order valence-corrected chi connectivity index (χ1v) is 10.3. The predicted octanol–water partition coefficient (Wildman–Crippen LogP) is 3.17. The van der Waals surface area contributed by atoms with E-state index in [1.54, 1.807) is 9.58 Å². The fourth-order valence-corrected chi connectivity index (χ4v) is 3.88. The molecule has 0 N–H and O–H groups in total. The van der Waals surface area contributed by atoms with E-state index in [2.05, 4.69) is 10.00 Å². The SMILES string of the molecule is CCn1nc(C(=O)N2CCN(Cc3ccc(Cl)cc3)CC2)c(=O)c2cc(F)ccc21. The van der Waals surface area contributed by atoms with Crippen LogP contribution in [0, 0.1) is 5.82 Å². The van der Waals surface area contributed by atoms with Gasteiger partial charge in [0.25, 0.3) is 5.91 Å². The van der Waals surface area contributed by atoms with Crippen molar-refractivity contribution >= 4 is 28.4 Å². The Balaban J connectivity index is 1.51. The lowest BCUT2D eigenvalue weighted by Crippen LogP contribution is -2.49. The number of piperazine rings is 1. The van der Waals surface area contributed by atoms with Crippen LogP contribution in [0.5, 0.6) is 0 Å². The number of aromatic nitrogens is 2. The van der Waals surface area contributed by atoms with Gasteiger partial charge in [0.1, 0.15) is 5.82 Å². The third-order valence-corrected chi connectivity index (χ3v) is 5.65.